The minimum atomic E-state index is -0.466. The van der Waals surface area contributed by atoms with Gasteiger partial charge in [0.1, 0.15) is 11.9 Å². The van der Waals surface area contributed by atoms with Crippen LogP contribution in [0.25, 0.3) is 0 Å². The highest BCUT2D eigenvalue weighted by molar-refractivity contribution is 5.99. The van der Waals surface area contributed by atoms with Crippen LogP contribution in [0.2, 0.25) is 0 Å². The molecule has 2 heterocycles. The van der Waals surface area contributed by atoms with E-state index < -0.39 is 6.04 Å². The molecule has 1 aromatic heterocycles. The van der Waals surface area contributed by atoms with Gasteiger partial charge in [-0.05, 0) is 50.9 Å². The quantitative estimate of drug-likeness (QED) is 0.837. The van der Waals surface area contributed by atoms with Crippen molar-refractivity contribution >= 4 is 17.8 Å². The number of hydrogen-bond donors (Lipinski definition) is 2. The molecule has 0 bridgehead atoms. The second kappa shape index (κ2) is 7.76. The molecule has 0 aromatic carbocycles. The number of aryl methyl sites for hydroxylation is 2. The van der Waals surface area contributed by atoms with Gasteiger partial charge >= 0.3 is 6.03 Å². The SMILES string of the molecule is Cc1cc(N2CCCC(NC(=O)NC3CCCCC34CCCC4)C2=O)n(C)n1. The molecule has 1 aromatic rings. The molecule has 2 N–H and O–H groups in total. The number of nitrogens with zero attached hydrogens (tertiary/aromatic N) is 3. The number of anilines is 1. The third kappa shape index (κ3) is 3.63. The number of rotatable bonds is 3. The van der Waals surface area contributed by atoms with Gasteiger partial charge in [0, 0.05) is 25.7 Å². The van der Waals surface area contributed by atoms with Crippen LogP contribution in [0.1, 0.15) is 69.9 Å². The van der Waals surface area contributed by atoms with Crippen molar-refractivity contribution in [2.24, 2.45) is 12.5 Å². The molecule has 2 atom stereocenters. The fourth-order valence-electron chi connectivity index (χ4n) is 5.65. The van der Waals surface area contributed by atoms with E-state index in [1.807, 2.05) is 20.0 Å². The average Bonchev–Trinajstić information content (AvgIpc) is 3.26. The van der Waals surface area contributed by atoms with Crippen molar-refractivity contribution in [1.82, 2.24) is 20.4 Å². The molecule has 2 aliphatic carbocycles. The van der Waals surface area contributed by atoms with Gasteiger partial charge in [0.25, 0.3) is 5.91 Å². The van der Waals surface area contributed by atoms with Gasteiger partial charge in [-0.3, -0.25) is 14.4 Å². The maximum absolute atomic E-state index is 13.0. The third-order valence-electron chi connectivity index (χ3n) is 7.06. The molecule has 3 amide bonds. The zero-order valence-electron chi connectivity index (χ0n) is 17.2. The van der Waals surface area contributed by atoms with E-state index in [9.17, 15) is 9.59 Å². The Morgan fingerprint density at radius 2 is 1.82 bits per heavy atom. The smallest absolute Gasteiger partial charge is 0.315 e. The third-order valence-corrected chi connectivity index (χ3v) is 7.06. The Kier molecular flexibility index (Phi) is 5.34. The van der Waals surface area contributed by atoms with Crippen molar-refractivity contribution in [3.8, 4) is 0 Å². The minimum Gasteiger partial charge on any atom is -0.335 e. The molecular formula is C21H33N5O2. The van der Waals surface area contributed by atoms with Crippen LogP contribution in [0.5, 0.6) is 0 Å². The van der Waals surface area contributed by atoms with Crippen molar-refractivity contribution in [3.05, 3.63) is 11.8 Å². The van der Waals surface area contributed by atoms with Crippen LogP contribution in [0.15, 0.2) is 6.07 Å². The largest absolute Gasteiger partial charge is 0.335 e. The highest BCUT2D eigenvalue weighted by Crippen LogP contribution is 2.49. The van der Waals surface area contributed by atoms with Gasteiger partial charge in [0.2, 0.25) is 0 Å². The lowest BCUT2D eigenvalue weighted by molar-refractivity contribution is -0.121. The standard InChI is InChI=1S/C21H33N5O2/c1-15-14-18(25(2)24-15)26-13-7-8-16(19(26)27)22-20(28)23-17-9-3-4-10-21(17)11-5-6-12-21/h14,16-17H,3-13H2,1-2H3,(H2,22,23,28). The van der Waals surface area contributed by atoms with E-state index in [1.54, 1.807) is 9.58 Å². The Labute approximate surface area is 167 Å². The van der Waals surface area contributed by atoms with E-state index in [1.165, 1.54) is 44.9 Å². The normalized spacial score (nSPS) is 27.2. The van der Waals surface area contributed by atoms with Gasteiger partial charge in [0.15, 0.2) is 0 Å². The molecule has 3 fully saturated rings. The van der Waals surface area contributed by atoms with Gasteiger partial charge in [-0.15, -0.1) is 0 Å². The van der Waals surface area contributed by atoms with E-state index in [2.05, 4.69) is 15.7 Å². The summed E-state index contributed by atoms with van der Waals surface area (Å²) in [5, 5.41) is 10.6. The maximum atomic E-state index is 13.0. The molecule has 3 aliphatic rings. The van der Waals surface area contributed by atoms with E-state index >= 15 is 0 Å². The molecular weight excluding hydrogens is 354 g/mol. The molecule has 2 unspecified atom stereocenters. The lowest BCUT2D eigenvalue weighted by Gasteiger charge is -2.42. The van der Waals surface area contributed by atoms with Crippen molar-refractivity contribution in [2.45, 2.75) is 83.2 Å². The number of nitrogens with one attached hydrogen (secondary N) is 2. The summed E-state index contributed by atoms with van der Waals surface area (Å²) in [6.45, 7) is 2.59. The van der Waals surface area contributed by atoms with Crippen molar-refractivity contribution in [3.63, 3.8) is 0 Å². The molecule has 1 spiro atoms. The first kappa shape index (κ1) is 19.3. The summed E-state index contributed by atoms with van der Waals surface area (Å²) in [5.41, 5.74) is 1.18. The fraction of sp³-hybridized carbons (Fsp3) is 0.762. The Balaban J connectivity index is 1.40. The number of piperidine rings is 1. The first-order valence-electron chi connectivity index (χ1n) is 10.9. The number of carbonyl (C=O) groups excluding carboxylic acids is 2. The maximum Gasteiger partial charge on any atom is 0.315 e. The second-order valence-corrected chi connectivity index (χ2v) is 8.94. The highest BCUT2D eigenvalue weighted by Gasteiger charge is 2.43. The molecule has 7 nitrogen and oxygen atoms in total. The number of hydrogen-bond acceptors (Lipinski definition) is 3. The molecule has 154 valence electrons. The minimum absolute atomic E-state index is 0.0383. The van der Waals surface area contributed by atoms with Crippen LogP contribution >= 0.6 is 0 Å². The molecule has 2 saturated carbocycles. The summed E-state index contributed by atoms with van der Waals surface area (Å²) < 4.78 is 1.74. The molecule has 4 rings (SSSR count). The molecule has 7 heteroatoms. The van der Waals surface area contributed by atoms with Gasteiger partial charge in [-0.1, -0.05) is 25.7 Å². The predicted molar refractivity (Wildman–Crippen MR) is 108 cm³/mol. The Hall–Kier alpha value is -2.05. The summed E-state index contributed by atoms with van der Waals surface area (Å²) in [5.74, 6) is 0.759. The summed E-state index contributed by atoms with van der Waals surface area (Å²) in [6, 6.07) is 1.52. The lowest BCUT2D eigenvalue weighted by atomic mass is 9.69. The molecule has 28 heavy (non-hydrogen) atoms. The second-order valence-electron chi connectivity index (χ2n) is 8.94. The first-order chi connectivity index (χ1) is 13.5. The number of carbonyl (C=O) groups is 2. The van der Waals surface area contributed by atoms with E-state index in [0.717, 1.165) is 24.4 Å². The van der Waals surface area contributed by atoms with Crippen LogP contribution in [-0.4, -0.2) is 40.3 Å². The first-order valence-corrected chi connectivity index (χ1v) is 10.9. The van der Waals surface area contributed by atoms with Crippen LogP contribution in [0.4, 0.5) is 10.6 Å². The summed E-state index contributed by atoms with van der Waals surface area (Å²) in [6.07, 6.45) is 11.3. The summed E-state index contributed by atoms with van der Waals surface area (Å²) in [4.78, 5) is 27.5. The van der Waals surface area contributed by atoms with Gasteiger partial charge < -0.3 is 10.6 Å². The fourth-order valence-corrected chi connectivity index (χ4v) is 5.65. The molecule has 0 radical (unpaired) electrons. The zero-order chi connectivity index (χ0) is 19.7. The summed E-state index contributed by atoms with van der Waals surface area (Å²) >= 11 is 0. The van der Waals surface area contributed by atoms with Crippen molar-refractivity contribution in [2.75, 3.05) is 11.4 Å². The highest BCUT2D eigenvalue weighted by atomic mass is 16.2. The van der Waals surface area contributed by atoms with E-state index in [4.69, 9.17) is 0 Å². The van der Waals surface area contributed by atoms with E-state index in [-0.39, 0.29) is 18.0 Å². The van der Waals surface area contributed by atoms with Crippen LogP contribution in [-0.2, 0) is 11.8 Å². The van der Waals surface area contributed by atoms with Crippen LogP contribution in [0.3, 0.4) is 0 Å². The Morgan fingerprint density at radius 3 is 2.50 bits per heavy atom. The Bertz CT molecular complexity index is 737. The van der Waals surface area contributed by atoms with E-state index in [0.29, 0.717) is 18.4 Å². The van der Waals surface area contributed by atoms with Crippen molar-refractivity contribution in [1.29, 1.82) is 0 Å². The average molecular weight is 388 g/mol. The molecule has 1 saturated heterocycles. The van der Waals surface area contributed by atoms with Gasteiger partial charge in [-0.2, -0.15) is 5.10 Å². The Morgan fingerprint density at radius 1 is 1.11 bits per heavy atom. The monoisotopic (exact) mass is 387 g/mol. The van der Waals surface area contributed by atoms with Gasteiger partial charge in [-0.25, -0.2) is 4.79 Å². The zero-order valence-corrected chi connectivity index (χ0v) is 17.2. The predicted octanol–water partition coefficient (Wildman–Crippen LogP) is 3.03. The summed E-state index contributed by atoms with van der Waals surface area (Å²) in [7, 11) is 1.85. The molecule has 1 aliphatic heterocycles. The number of aromatic nitrogens is 2. The van der Waals surface area contributed by atoms with Crippen LogP contribution < -0.4 is 15.5 Å². The number of amides is 3. The topological polar surface area (TPSA) is 79.3 Å². The lowest BCUT2D eigenvalue weighted by Crippen LogP contribution is -2.58. The number of urea groups is 1. The van der Waals surface area contributed by atoms with Crippen LogP contribution in [0, 0.1) is 12.3 Å². The van der Waals surface area contributed by atoms with Crippen molar-refractivity contribution < 1.29 is 9.59 Å². The van der Waals surface area contributed by atoms with Gasteiger partial charge in [0.05, 0.1) is 5.69 Å².